The van der Waals surface area contributed by atoms with Crippen LogP contribution < -0.4 is 10.6 Å². The van der Waals surface area contributed by atoms with Gasteiger partial charge in [-0.15, -0.1) is 0 Å². The molecule has 0 saturated heterocycles. The number of rotatable bonds is 6. The lowest BCUT2D eigenvalue weighted by molar-refractivity contribution is -0.132. The molecule has 1 saturated carbocycles. The first-order valence-corrected chi connectivity index (χ1v) is 11.6. The maximum absolute atomic E-state index is 13.2. The standard InChI is InChI=1S/C22H21BrF2N8O/c1-26-20(34)22(10-17(24)25)5-4-12(9-22)30-21-29-11-14-18(23)32-33(19(14)31-21)13-2-3-15-16(8-13)28-7-6-27-15/h2-3,6-8,11-12,17H,4-5,9-10H2,1H3,(H,26,34)(H,29,30,31)/t12-,22-/m1/s1. The third-order valence-corrected chi connectivity index (χ3v) is 6.86. The van der Waals surface area contributed by atoms with Gasteiger partial charge in [0.25, 0.3) is 0 Å². The average molecular weight is 531 g/mol. The van der Waals surface area contributed by atoms with Crippen LogP contribution in [-0.4, -0.2) is 55.1 Å². The van der Waals surface area contributed by atoms with Crippen LogP contribution in [0.3, 0.4) is 0 Å². The number of benzene rings is 1. The lowest BCUT2D eigenvalue weighted by Crippen LogP contribution is -2.39. The minimum absolute atomic E-state index is 0.204. The minimum Gasteiger partial charge on any atom is -0.359 e. The van der Waals surface area contributed by atoms with Crippen molar-refractivity contribution in [1.82, 2.24) is 35.0 Å². The second-order valence-corrected chi connectivity index (χ2v) is 9.15. The molecule has 176 valence electrons. The fourth-order valence-corrected chi connectivity index (χ4v) is 5.12. The van der Waals surface area contributed by atoms with Crippen molar-refractivity contribution in [2.45, 2.75) is 38.2 Å². The number of nitrogens with one attached hydrogen (secondary N) is 2. The number of carbonyl (C=O) groups excluding carboxylic acids is 1. The van der Waals surface area contributed by atoms with Crippen LogP contribution in [0.5, 0.6) is 0 Å². The summed E-state index contributed by atoms with van der Waals surface area (Å²) in [6.45, 7) is 0. The third kappa shape index (κ3) is 4.06. The van der Waals surface area contributed by atoms with Crippen LogP contribution in [0.25, 0.3) is 27.8 Å². The van der Waals surface area contributed by atoms with Crippen LogP contribution in [0, 0.1) is 5.41 Å². The first kappa shape index (κ1) is 22.5. The van der Waals surface area contributed by atoms with E-state index in [0.717, 1.165) is 16.7 Å². The summed E-state index contributed by atoms with van der Waals surface area (Å²) in [6.07, 6.45) is 3.12. The maximum atomic E-state index is 13.2. The van der Waals surface area contributed by atoms with Crippen molar-refractivity contribution in [2.24, 2.45) is 5.41 Å². The molecule has 2 atom stereocenters. The Morgan fingerprint density at radius 1 is 1.26 bits per heavy atom. The van der Waals surface area contributed by atoms with Crippen molar-refractivity contribution in [3.8, 4) is 5.69 Å². The quantitative estimate of drug-likeness (QED) is 0.389. The Labute approximate surface area is 201 Å². The number of anilines is 1. The van der Waals surface area contributed by atoms with E-state index in [-0.39, 0.29) is 18.4 Å². The molecule has 3 heterocycles. The lowest BCUT2D eigenvalue weighted by atomic mass is 9.81. The van der Waals surface area contributed by atoms with E-state index in [1.165, 1.54) is 7.05 Å². The van der Waals surface area contributed by atoms with Gasteiger partial charge in [-0.3, -0.25) is 14.8 Å². The Kier molecular flexibility index (Phi) is 5.84. The highest BCUT2D eigenvalue weighted by atomic mass is 79.9. The zero-order valence-electron chi connectivity index (χ0n) is 18.2. The zero-order chi connectivity index (χ0) is 23.9. The molecule has 12 heteroatoms. The molecule has 4 aromatic rings. The molecule has 0 bridgehead atoms. The van der Waals surface area contributed by atoms with E-state index in [2.05, 4.69) is 51.6 Å². The number of carbonyl (C=O) groups is 1. The van der Waals surface area contributed by atoms with Gasteiger partial charge in [0, 0.05) is 38.1 Å². The number of hydrogen-bond donors (Lipinski definition) is 2. The predicted octanol–water partition coefficient (Wildman–Crippen LogP) is 3.87. The molecule has 1 amide bonds. The van der Waals surface area contributed by atoms with Gasteiger partial charge in [-0.2, -0.15) is 10.1 Å². The summed E-state index contributed by atoms with van der Waals surface area (Å²) in [6, 6.07) is 5.41. The number of amides is 1. The molecular formula is C22H21BrF2N8O. The molecule has 0 aliphatic heterocycles. The second kappa shape index (κ2) is 8.82. The van der Waals surface area contributed by atoms with Crippen molar-refractivity contribution >= 4 is 49.9 Å². The summed E-state index contributed by atoms with van der Waals surface area (Å²) >= 11 is 3.46. The number of fused-ring (bicyclic) bond motifs is 2. The van der Waals surface area contributed by atoms with Gasteiger partial charge in [-0.1, -0.05) is 0 Å². The highest BCUT2D eigenvalue weighted by Crippen LogP contribution is 2.44. The third-order valence-electron chi connectivity index (χ3n) is 6.27. The highest BCUT2D eigenvalue weighted by molar-refractivity contribution is 9.10. The second-order valence-electron chi connectivity index (χ2n) is 8.40. The normalized spacial score (nSPS) is 20.3. The molecule has 0 radical (unpaired) electrons. The molecular weight excluding hydrogens is 510 g/mol. The molecule has 2 N–H and O–H groups in total. The molecule has 0 unspecified atom stereocenters. The Hall–Kier alpha value is -3.28. The summed E-state index contributed by atoms with van der Waals surface area (Å²) < 4.78 is 28.7. The van der Waals surface area contributed by atoms with E-state index in [1.807, 2.05) is 18.2 Å². The first-order valence-electron chi connectivity index (χ1n) is 10.8. The summed E-state index contributed by atoms with van der Waals surface area (Å²) in [5, 5.41) is 11.0. The molecule has 34 heavy (non-hydrogen) atoms. The van der Waals surface area contributed by atoms with Crippen LogP contribution in [0.1, 0.15) is 25.7 Å². The van der Waals surface area contributed by atoms with E-state index in [4.69, 9.17) is 0 Å². The number of alkyl halides is 2. The fraction of sp³-hybridized carbons (Fsp3) is 0.364. The van der Waals surface area contributed by atoms with E-state index >= 15 is 0 Å². The number of halogens is 3. The summed E-state index contributed by atoms with van der Waals surface area (Å²) in [5.41, 5.74) is 1.72. The monoisotopic (exact) mass is 530 g/mol. The number of nitrogens with zero attached hydrogens (tertiary/aromatic N) is 6. The highest BCUT2D eigenvalue weighted by Gasteiger charge is 2.46. The topological polar surface area (TPSA) is 111 Å². The molecule has 0 spiro atoms. The maximum Gasteiger partial charge on any atom is 0.239 e. The Bertz CT molecular complexity index is 1380. The van der Waals surface area contributed by atoms with Gasteiger partial charge in [0.1, 0.15) is 4.60 Å². The Balaban J connectivity index is 1.45. The van der Waals surface area contributed by atoms with Crippen molar-refractivity contribution in [3.05, 3.63) is 41.4 Å². The molecule has 1 fully saturated rings. The molecule has 3 aromatic heterocycles. The molecule has 1 aliphatic carbocycles. The smallest absolute Gasteiger partial charge is 0.239 e. The van der Waals surface area contributed by atoms with Crippen LogP contribution in [0.15, 0.2) is 41.4 Å². The van der Waals surface area contributed by atoms with Gasteiger partial charge in [0.15, 0.2) is 5.65 Å². The number of aromatic nitrogens is 6. The van der Waals surface area contributed by atoms with Gasteiger partial charge in [-0.25, -0.2) is 18.4 Å². The minimum atomic E-state index is -2.55. The lowest BCUT2D eigenvalue weighted by Gasteiger charge is -2.27. The van der Waals surface area contributed by atoms with Crippen LogP contribution in [0.4, 0.5) is 14.7 Å². The van der Waals surface area contributed by atoms with E-state index in [9.17, 15) is 13.6 Å². The average Bonchev–Trinajstić information content (AvgIpc) is 3.39. The van der Waals surface area contributed by atoms with E-state index in [0.29, 0.717) is 34.4 Å². The Morgan fingerprint density at radius 2 is 2.06 bits per heavy atom. The molecule has 9 nitrogen and oxygen atoms in total. The van der Waals surface area contributed by atoms with Crippen LogP contribution in [-0.2, 0) is 4.79 Å². The molecule has 5 rings (SSSR count). The first-order chi connectivity index (χ1) is 16.4. The number of hydrogen-bond acceptors (Lipinski definition) is 7. The van der Waals surface area contributed by atoms with Crippen molar-refractivity contribution in [1.29, 1.82) is 0 Å². The van der Waals surface area contributed by atoms with Gasteiger partial charge in [-0.05, 0) is 53.4 Å². The van der Waals surface area contributed by atoms with Crippen molar-refractivity contribution in [2.75, 3.05) is 12.4 Å². The Morgan fingerprint density at radius 3 is 2.82 bits per heavy atom. The van der Waals surface area contributed by atoms with Gasteiger partial charge >= 0.3 is 0 Å². The largest absolute Gasteiger partial charge is 0.359 e. The van der Waals surface area contributed by atoms with Gasteiger partial charge < -0.3 is 10.6 Å². The summed E-state index contributed by atoms with van der Waals surface area (Å²) in [4.78, 5) is 30.1. The van der Waals surface area contributed by atoms with Gasteiger partial charge in [0.05, 0.1) is 27.5 Å². The SMILES string of the molecule is CNC(=O)[C@]1(CC(F)F)CC[C@@H](Nc2ncc3c(Br)nn(-c4ccc5nccnc5c4)c3n2)C1. The van der Waals surface area contributed by atoms with Crippen LogP contribution in [0.2, 0.25) is 0 Å². The van der Waals surface area contributed by atoms with E-state index < -0.39 is 18.3 Å². The van der Waals surface area contributed by atoms with Crippen molar-refractivity contribution < 1.29 is 13.6 Å². The van der Waals surface area contributed by atoms with Gasteiger partial charge in [0.2, 0.25) is 18.3 Å². The predicted molar refractivity (Wildman–Crippen MR) is 126 cm³/mol. The molecule has 1 aromatic carbocycles. The zero-order valence-corrected chi connectivity index (χ0v) is 19.8. The van der Waals surface area contributed by atoms with Crippen molar-refractivity contribution in [3.63, 3.8) is 0 Å². The summed E-state index contributed by atoms with van der Waals surface area (Å²) in [7, 11) is 1.48. The summed E-state index contributed by atoms with van der Waals surface area (Å²) in [5.74, 6) is -0.00800. The fourth-order valence-electron chi connectivity index (χ4n) is 4.68. The van der Waals surface area contributed by atoms with Crippen LogP contribution >= 0.6 is 15.9 Å². The van der Waals surface area contributed by atoms with E-state index in [1.54, 1.807) is 23.3 Å². The molecule has 1 aliphatic rings.